The van der Waals surface area contributed by atoms with E-state index in [1.54, 1.807) is 30.3 Å². The zero-order valence-corrected chi connectivity index (χ0v) is 14.1. The number of ether oxygens (including phenoxy) is 2. The van der Waals surface area contributed by atoms with E-state index in [2.05, 4.69) is 0 Å². The van der Waals surface area contributed by atoms with Crippen molar-refractivity contribution < 1.29 is 22.7 Å². The predicted molar refractivity (Wildman–Crippen MR) is 86.7 cm³/mol. The van der Waals surface area contributed by atoms with Gasteiger partial charge in [0.1, 0.15) is 12.4 Å². The van der Waals surface area contributed by atoms with Gasteiger partial charge in [-0.1, -0.05) is 23.7 Å². The normalized spacial score (nSPS) is 11.1. The van der Waals surface area contributed by atoms with E-state index in [0.717, 1.165) is 6.26 Å². The molecule has 0 bridgehead atoms. The molecule has 122 valence electrons. The quantitative estimate of drug-likeness (QED) is 0.771. The lowest BCUT2D eigenvalue weighted by molar-refractivity contribution is 0.0465. The Morgan fingerprint density at radius 1 is 1.17 bits per heavy atom. The summed E-state index contributed by atoms with van der Waals surface area (Å²) in [4.78, 5) is 12.1. The van der Waals surface area contributed by atoms with Crippen LogP contribution in [0.25, 0.3) is 0 Å². The molecule has 0 fully saturated rings. The van der Waals surface area contributed by atoms with Crippen molar-refractivity contribution in [3.8, 4) is 5.75 Å². The summed E-state index contributed by atoms with van der Waals surface area (Å²) in [6.45, 7) is -0.0827. The lowest BCUT2D eigenvalue weighted by atomic mass is 10.2. The van der Waals surface area contributed by atoms with Crippen LogP contribution in [-0.4, -0.2) is 27.8 Å². The number of carbonyl (C=O) groups is 1. The van der Waals surface area contributed by atoms with Gasteiger partial charge in [-0.3, -0.25) is 0 Å². The summed E-state index contributed by atoms with van der Waals surface area (Å²) >= 11 is 5.92. The Hall–Kier alpha value is -2.05. The Morgan fingerprint density at radius 3 is 2.52 bits per heavy atom. The molecule has 0 spiro atoms. The number of esters is 1. The van der Waals surface area contributed by atoms with Gasteiger partial charge in [0.05, 0.1) is 17.6 Å². The Bertz CT molecular complexity index is 830. The van der Waals surface area contributed by atoms with Crippen molar-refractivity contribution in [2.24, 2.45) is 0 Å². The molecule has 2 aromatic carbocycles. The molecule has 0 heterocycles. The van der Waals surface area contributed by atoms with Crippen molar-refractivity contribution in [1.82, 2.24) is 0 Å². The molecule has 23 heavy (non-hydrogen) atoms. The SMILES string of the molecule is COc1ccc(Cl)cc1COC(=O)c1ccccc1S(C)(=O)=O. The maximum absolute atomic E-state index is 12.2. The summed E-state index contributed by atoms with van der Waals surface area (Å²) < 4.78 is 33.8. The minimum Gasteiger partial charge on any atom is -0.496 e. The zero-order valence-electron chi connectivity index (χ0n) is 12.6. The largest absolute Gasteiger partial charge is 0.496 e. The fraction of sp³-hybridized carbons (Fsp3) is 0.188. The van der Waals surface area contributed by atoms with E-state index in [9.17, 15) is 13.2 Å². The number of carbonyl (C=O) groups excluding carboxylic acids is 1. The molecule has 5 nitrogen and oxygen atoms in total. The van der Waals surface area contributed by atoms with Crippen molar-refractivity contribution in [3.05, 3.63) is 58.6 Å². The van der Waals surface area contributed by atoms with Crippen LogP contribution in [0.2, 0.25) is 5.02 Å². The van der Waals surface area contributed by atoms with Gasteiger partial charge in [-0.25, -0.2) is 13.2 Å². The van der Waals surface area contributed by atoms with Crippen LogP contribution in [0.5, 0.6) is 5.75 Å². The Balaban J connectivity index is 2.23. The fourth-order valence-electron chi connectivity index (χ4n) is 2.04. The number of hydrogen-bond donors (Lipinski definition) is 0. The minimum absolute atomic E-state index is 0.00371. The molecule has 0 saturated carbocycles. The first-order valence-corrected chi connectivity index (χ1v) is 8.88. The summed E-state index contributed by atoms with van der Waals surface area (Å²) in [5.74, 6) is -0.202. The van der Waals surface area contributed by atoms with Gasteiger partial charge in [-0.2, -0.15) is 0 Å². The van der Waals surface area contributed by atoms with Crippen LogP contribution in [0.1, 0.15) is 15.9 Å². The summed E-state index contributed by atoms with van der Waals surface area (Å²) in [6.07, 6.45) is 1.04. The van der Waals surface area contributed by atoms with Crippen LogP contribution >= 0.6 is 11.6 Å². The lowest BCUT2D eigenvalue weighted by Crippen LogP contribution is -2.11. The second kappa shape index (κ2) is 7.02. The Morgan fingerprint density at radius 2 is 1.87 bits per heavy atom. The second-order valence-electron chi connectivity index (χ2n) is 4.80. The van der Waals surface area contributed by atoms with Gasteiger partial charge in [-0.05, 0) is 30.3 Å². The summed E-state index contributed by atoms with van der Waals surface area (Å²) in [5, 5.41) is 0.480. The van der Waals surface area contributed by atoms with E-state index in [-0.39, 0.29) is 17.1 Å². The highest BCUT2D eigenvalue weighted by atomic mass is 35.5. The molecule has 0 aliphatic heterocycles. The summed E-state index contributed by atoms with van der Waals surface area (Å²) in [7, 11) is -2.03. The monoisotopic (exact) mass is 354 g/mol. The van der Waals surface area contributed by atoms with Gasteiger partial charge >= 0.3 is 5.97 Å². The van der Waals surface area contributed by atoms with Crippen molar-refractivity contribution in [3.63, 3.8) is 0 Å². The van der Waals surface area contributed by atoms with Crippen LogP contribution in [0, 0.1) is 0 Å². The minimum atomic E-state index is -3.53. The molecule has 0 N–H and O–H groups in total. The second-order valence-corrected chi connectivity index (χ2v) is 7.22. The third kappa shape index (κ3) is 4.24. The van der Waals surface area contributed by atoms with Gasteiger partial charge in [0.2, 0.25) is 0 Å². The third-order valence-corrected chi connectivity index (χ3v) is 4.50. The number of methoxy groups -OCH3 is 1. The topological polar surface area (TPSA) is 69.7 Å². The number of benzene rings is 2. The van der Waals surface area contributed by atoms with E-state index in [0.29, 0.717) is 16.3 Å². The van der Waals surface area contributed by atoms with Gasteiger partial charge in [0.25, 0.3) is 0 Å². The molecule has 2 rings (SSSR count). The summed E-state index contributed by atoms with van der Waals surface area (Å²) in [6, 6.07) is 10.8. The molecular weight excluding hydrogens is 340 g/mol. The zero-order chi connectivity index (χ0) is 17.0. The first-order chi connectivity index (χ1) is 10.8. The predicted octanol–water partition coefficient (Wildman–Crippen LogP) is 3.11. The van der Waals surface area contributed by atoms with E-state index < -0.39 is 15.8 Å². The molecule has 0 amide bonds. The molecular formula is C16H15ClO5S. The number of halogens is 1. The number of rotatable bonds is 5. The standard InChI is InChI=1S/C16H15ClO5S/c1-21-14-8-7-12(17)9-11(14)10-22-16(18)13-5-3-4-6-15(13)23(2,19)20/h3-9H,10H2,1-2H3. The highest BCUT2D eigenvalue weighted by Gasteiger charge is 2.19. The molecule has 0 aromatic heterocycles. The lowest BCUT2D eigenvalue weighted by Gasteiger charge is -2.11. The van der Waals surface area contributed by atoms with E-state index >= 15 is 0 Å². The third-order valence-electron chi connectivity index (χ3n) is 3.11. The maximum Gasteiger partial charge on any atom is 0.339 e. The van der Waals surface area contributed by atoms with E-state index in [4.69, 9.17) is 21.1 Å². The molecule has 0 aliphatic carbocycles. The molecule has 0 atom stereocenters. The molecule has 0 radical (unpaired) electrons. The highest BCUT2D eigenvalue weighted by molar-refractivity contribution is 7.90. The van der Waals surface area contributed by atoms with Crippen molar-refractivity contribution in [2.75, 3.05) is 13.4 Å². The fourth-order valence-corrected chi connectivity index (χ4v) is 3.11. The van der Waals surface area contributed by atoms with Gasteiger partial charge < -0.3 is 9.47 Å². The number of sulfone groups is 1. The molecule has 2 aromatic rings. The molecule has 0 unspecified atom stereocenters. The van der Waals surface area contributed by atoms with Crippen molar-refractivity contribution in [1.29, 1.82) is 0 Å². The van der Waals surface area contributed by atoms with Crippen LogP contribution < -0.4 is 4.74 Å². The van der Waals surface area contributed by atoms with E-state index in [1.807, 2.05) is 0 Å². The molecule has 7 heteroatoms. The van der Waals surface area contributed by atoms with Gasteiger partial charge in [-0.15, -0.1) is 0 Å². The van der Waals surface area contributed by atoms with E-state index in [1.165, 1.54) is 19.2 Å². The highest BCUT2D eigenvalue weighted by Crippen LogP contribution is 2.24. The number of hydrogen-bond acceptors (Lipinski definition) is 5. The first kappa shape index (κ1) is 17.3. The molecule has 0 aliphatic rings. The Labute approximate surface area is 139 Å². The first-order valence-electron chi connectivity index (χ1n) is 6.61. The van der Waals surface area contributed by atoms with Crippen LogP contribution in [0.4, 0.5) is 0 Å². The van der Waals surface area contributed by atoms with Crippen molar-refractivity contribution >= 4 is 27.4 Å². The van der Waals surface area contributed by atoms with Crippen LogP contribution in [0.15, 0.2) is 47.4 Å². The van der Waals surface area contributed by atoms with Crippen LogP contribution in [0.3, 0.4) is 0 Å². The van der Waals surface area contributed by atoms with Gasteiger partial charge in [0, 0.05) is 16.8 Å². The smallest absolute Gasteiger partial charge is 0.339 e. The average molecular weight is 355 g/mol. The maximum atomic E-state index is 12.2. The Kier molecular flexibility index (Phi) is 5.28. The van der Waals surface area contributed by atoms with Crippen LogP contribution in [-0.2, 0) is 21.2 Å². The molecule has 0 saturated heterocycles. The summed E-state index contributed by atoms with van der Waals surface area (Å²) in [5.41, 5.74) is 0.584. The van der Waals surface area contributed by atoms with Gasteiger partial charge in [0.15, 0.2) is 9.84 Å². The van der Waals surface area contributed by atoms with Crippen molar-refractivity contribution in [2.45, 2.75) is 11.5 Å². The average Bonchev–Trinajstić information content (AvgIpc) is 2.52.